The zero-order chi connectivity index (χ0) is 16.2. The molecule has 2 aromatic heterocycles. The number of ether oxygens (including phenoxy) is 1. The van der Waals surface area contributed by atoms with Gasteiger partial charge in [0.1, 0.15) is 5.65 Å². The van der Waals surface area contributed by atoms with Crippen molar-refractivity contribution in [1.82, 2.24) is 14.3 Å². The highest BCUT2D eigenvalue weighted by Crippen LogP contribution is 2.19. The largest absolute Gasteiger partial charge is 0.466 e. The van der Waals surface area contributed by atoms with Crippen LogP contribution in [0.15, 0.2) is 30.6 Å². The first-order valence-corrected chi connectivity index (χ1v) is 8.04. The summed E-state index contributed by atoms with van der Waals surface area (Å²) >= 11 is 0. The van der Waals surface area contributed by atoms with Crippen molar-refractivity contribution in [2.24, 2.45) is 5.92 Å². The van der Waals surface area contributed by atoms with E-state index in [1.165, 1.54) is 0 Å². The van der Waals surface area contributed by atoms with Gasteiger partial charge in [0.15, 0.2) is 0 Å². The van der Waals surface area contributed by atoms with Crippen LogP contribution in [-0.4, -0.2) is 45.9 Å². The van der Waals surface area contributed by atoms with E-state index in [1.807, 2.05) is 35.0 Å². The number of pyridine rings is 1. The van der Waals surface area contributed by atoms with Crippen LogP contribution < -0.4 is 0 Å². The quantitative estimate of drug-likeness (QED) is 0.805. The van der Waals surface area contributed by atoms with Crippen molar-refractivity contribution in [2.75, 3.05) is 19.7 Å². The molecule has 0 aliphatic carbocycles. The maximum absolute atomic E-state index is 12.5. The van der Waals surface area contributed by atoms with Crippen LogP contribution in [-0.2, 0) is 20.7 Å². The molecule has 1 amide bonds. The fourth-order valence-corrected chi connectivity index (χ4v) is 3.00. The van der Waals surface area contributed by atoms with E-state index in [2.05, 4.69) is 4.98 Å². The number of fused-ring (bicyclic) bond motifs is 1. The first-order chi connectivity index (χ1) is 11.2. The summed E-state index contributed by atoms with van der Waals surface area (Å²) in [5.74, 6) is -0.381. The lowest BCUT2D eigenvalue weighted by molar-refractivity contribution is -0.151. The molecule has 0 bridgehead atoms. The minimum absolute atomic E-state index is 0.0161. The number of rotatable bonds is 4. The number of aromatic nitrogens is 2. The van der Waals surface area contributed by atoms with Crippen LogP contribution in [0.5, 0.6) is 0 Å². The van der Waals surface area contributed by atoms with Crippen LogP contribution in [0.25, 0.3) is 5.65 Å². The molecule has 6 nitrogen and oxygen atoms in total. The highest BCUT2D eigenvalue weighted by molar-refractivity contribution is 5.80. The van der Waals surface area contributed by atoms with Gasteiger partial charge in [-0.05, 0) is 31.9 Å². The molecule has 0 spiro atoms. The number of imidazole rings is 1. The molecule has 23 heavy (non-hydrogen) atoms. The molecule has 1 aliphatic rings. The van der Waals surface area contributed by atoms with Gasteiger partial charge < -0.3 is 14.0 Å². The Labute approximate surface area is 135 Å². The van der Waals surface area contributed by atoms with Gasteiger partial charge in [-0.15, -0.1) is 0 Å². The normalized spacial score (nSPS) is 18.1. The van der Waals surface area contributed by atoms with E-state index in [1.54, 1.807) is 11.8 Å². The van der Waals surface area contributed by atoms with E-state index < -0.39 is 0 Å². The molecule has 1 unspecified atom stereocenters. The molecule has 0 saturated carbocycles. The Morgan fingerprint density at radius 2 is 2.26 bits per heavy atom. The molecule has 122 valence electrons. The fraction of sp³-hybridized carbons (Fsp3) is 0.471. The van der Waals surface area contributed by atoms with Gasteiger partial charge in [-0.2, -0.15) is 0 Å². The molecule has 0 N–H and O–H groups in total. The lowest BCUT2D eigenvalue weighted by Crippen LogP contribution is -2.43. The Hall–Kier alpha value is -2.37. The Kier molecular flexibility index (Phi) is 4.60. The van der Waals surface area contributed by atoms with Crippen LogP contribution in [0, 0.1) is 5.92 Å². The molecule has 1 fully saturated rings. The Balaban J connectivity index is 1.64. The average molecular weight is 315 g/mol. The number of hydrogen-bond acceptors (Lipinski definition) is 4. The predicted molar refractivity (Wildman–Crippen MR) is 84.8 cm³/mol. The lowest BCUT2D eigenvalue weighted by Gasteiger charge is -2.31. The Morgan fingerprint density at radius 3 is 3.04 bits per heavy atom. The highest BCUT2D eigenvalue weighted by Gasteiger charge is 2.29. The van der Waals surface area contributed by atoms with Crippen LogP contribution in [0.3, 0.4) is 0 Å². The van der Waals surface area contributed by atoms with Gasteiger partial charge in [0, 0.05) is 25.5 Å². The van der Waals surface area contributed by atoms with Crippen molar-refractivity contribution in [3.63, 3.8) is 0 Å². The first-order valence-electron chi connectivity index (χ1n) is 8.04. The van der Waals surface area contributed by atoms with E-state index in [4.69, 9.17) is 4.74 Å². The number of likely N-dealkylation sites (tertiary alicyclic amines) is 1. The van der Waals surface area contributed by atoms with E-state index in [0.29, 0.717) is 19.7 Å². The molecular formula is C17H21N3O3. The molecule has 1 aliphatic heterocycles. The molecule has 3 rings (SSSR count). The summed E-state index contributed by atoms with van der Waals surface area (Å²) in [4.78, 5) is 30.6. The number of piperidine rings is 1. The smallest absolute Gasteiger partial charge is 0.310 e. The third-order valence-electron chi connectivity index (χ3n) is 4.14. The summed E-state index contributed by atoms with van der Waals surface area (Å²) in [6.45, 7) is 3.32. The summed E-state index contributed by atoms with van der Waals surface area (Å²) in [5.41, 5.74) is 1.58. The second-order valence-electron chi connectivity index (χ2n) is 5.81. The predicted octanol–water partition coefficient (Wildman–Crippen LogP) is 1.68. The molecule has 3 heterocycles. The summed E-state index contributed by atoms with van der Waals surface area (Å²) in [5, 5.41) is 0. The highest BCUT2D eigenvalue weighted by atomic mass is 16.5. The van der Waals surface area contributed by atoms with Gasteiger partial charge in [0.05, 0.1) is 24.6 Å². The van der Waals surface area contributed by atoms with Crippen molar-refractivity contribution in [1.29, 1.82) is 0 Å². The maximum Gasteiger partial charge on any atom is 0.310 e. The van der Waals surface area contributed by atoms with Gasteiger partial charge in [-0.1, -0.05) is 6.07 Å². The number of esters is 1. The SMILES string of the molecule is CCOC(=O)C1CCCN(C(=O)Cc2cn3ccccc3n2)C1. The third-order valence-corrected chi connectivity index (χ3v) is 4.14. The monoisotopic (exact) mass is 315 g/mol. The van der Waals surface area contributed by atoms with Gasteiger partial charge in [-0.3, -0.25) is 9.59 Å². The van der Waals surface area contributed by atoms with Crippen molar-refractivity contribution < 1.29 is 14.3 Å². The van der Waals surface area contributed by atoms with Gasteiger partial charge >= 0.3 is 5.97 Å². The average Bonchev–Trinajstić information content (AvgIpc) is 2.97. The van der Waals surface area contributed by atoms with Crippen molar-refractivity contribution in [3.8, 4) is 0 Å². The minimum atomic E-state index is -0.200. The molecule has 6 heteroatoms. The van der Waals surface area contributed by atoms with Gasteiger partial charge in [-0.25, -0.2) is 4.98 Å². The number of hydrogen-bond donors (Lipinski definition) is 0. The minimum Gasteiger partial charge on any atom is -0.466 e. The fourth-order valence-electron chi connectivity index (χ4n) is 3.00. The number of carbonyl (C=O) groups excluding carboxylic acids is 2. The summed E-state index contributed by atoms with van der Waals surface area (Å²) in [7, 11) is 0. The zero-order valence-electron chi connectivity index (χ0n) is 13.3. The molecule has 0 radical (unpaired) electrons. The van der Waals surface area contributed by atoms with Crippen LogP contribution in [0.4, 0.5) is 0 Å². The van der Waals surface area contributed by atoms with Crippen LogP contribution >= 0.6 is 0 Å². The second kappa shape index (κ2) is 6.81. The van der Waals surface area contributed by atoms with Gasteiger partial charge in [0.25, 0.3) is 0 Å². The molecule has 1 saturated heterocycles. The molecule has 0 aromatic carbocycles. The van der Waals surface area contributed by atoms with Crippen molar-refractivity contribution in [2.45, 2.75) is 26.2 Å². The Bertz CT molecular complexity index is 677. The molecular weight excluding hydrogens is 294 g/mol. The number of carbonyl (C=O) groups is 2. The summed E-state index contributed by atoms with van der Waals surface area (Å²) < 4.78 is 6.98. The number of amides is 1. The zero-order valence-corrected chi connectivity index (χ0v) is 13.3. The van der Waals surface area contributed by atoms with Crippen molar-refractivity contribution >= 4 is 17.5 Å². The van der Waals surface area contributed by atoms with Crippen LogP contribution in [0.2, 0.25) is 0 Å². The van der Waals surface area contributed by atoms with E-state index in [-0.39, 0.29) is 24.2 Å². The van der Waals surface area contributed by atoms with E-state index in [0.717, 1.165) is 24.2 Å². The maximum atomic E-state index is 12.5. The van der Waals surface area contributed by atoms with Crippen LogP contribution in [0.1, 0.15) is 25.5 Å². The summed E-state index contributed by atoms with van der Waals surface area (Å²) in [6, 6.07) is 5.75. The third kappa shape index (κ3) is 3.52. The topological polar surface area (TPSA) is 63.9 Å². The Morgan fingerprint density at radius 1 is 1.39 bits per heavy atom. The van der Waals surface area contributed by atoms with E-state index in [9.17, 15) is 9.59 Å². The molecule has 2 aromatic rings. The van der Waals surface area contributed by atoms with Gasteiger partial charge in [0.2, 0.25) is 5.91 Å². The van der Waals surface area contributed by atoms with E-state index >= 15 is 0 Å². The first kappa shape index (κ1) is 15.5. The summed E-state index contributed by atoms with van der Waals surface area (Å²) in [6.07, 6.45) is 5.67. The standard InChI is InChI=1S/C17H21N3O3/c1-2-23-17(22)13-6-5-9-20(11-13)16(21)10-14-12-19-8-4-3-7-15(19)18-14/h3-4,7-8,12-13H,2,5-6,9-11H2,1H3. The number of nitrogens with zero attached hydrogens (tertiary/aromatic N) is 3. The lowest BCUT2D eigenvalue weighted by atomic mass is 9.98. The molecule has 1 atom stereocenters. The second-order valence-corrected chi connectivity index (χ2v) is 5.81. The van der Waals surface area contributed by atoms with Crippen molar-refractivity contribution in [3.05, 3.63) is 36.3 Å².